The standard InChI is InChI=1S/C16H20N4O4/c1-2-6-13-17-15(24-20-13)10-5-9-14(22)18-19-16(23)11-7-3-4-8-12(11)21/h3-4,7-8,21H,2,5-6,9-10H2,1H3,(H,18,22)(H,19,23). The molecule has 3 N–H and O–H groups in total. The number of nitrogens with one attached hydrogen (secondary N) is 2. The molecular weight excluding hydrogens is 312 g/mol. The molecule has 0 spiro atoms. The maximum atomic E-state index is 11.8. The van der Waals surface area contributed by atoms with E-state index in [1.807, 2.05) is 6.92 Å². The van der Waals surface area contributed by atoms with Crippen LogP contribution in [-0.2, 0) is 17.6 Å². The minimum atomic E-state index is -0.581. The third kappa shape index (κ3) is 5.08. The van der Waals surface area contributed by atoms with E-state index in [2.05, 4.69) is 21.0 Å². The fourth-order valence-corrected chi connectivity index (χ4v) is 2.04. The molecule has 0 unspecified atom stereocenters. The smallest absolute Gasteiger partial charge is 0.273 e. The number of hydrogen-bond donors (Lipinski definition) is 3. The highest BCUT2D eigenvalue weighted by atomic mass is 16.5. The number of rotatable bonds is 7. The SMILES string of the molecule is CCCc1noc(CCCC(=O)NNC(=O)c2ccccc2O)n1. The second-order valence-corrected chi connectivity index (χ2v) is 5.23. The van der Waals surface area contributed by atoms with Crippen molar-refractivity contribution in [1.82, 2.24) is 21.0 Å². The van der Waals surface area contributed by atoms with Gasteiger partial charge in [0.25, 0.3) is 5.91 Å². The number of aryl methyl sites for hydroxylation is 2. The molecule has 24 heavy (non-hydrogen) atoms. The monoisotopic (exact) mass is 332 g/mol. The Kier molecular flexibility index (Phi) is 6.30. The van der Waals surface area contributed by atoms with Crippen LogP contribution in [0, 0.1) is 0 Å². The number of amides is 2. The average Bonchev–Trinajstić information content (AvgIpc) is 3.01. The van der Waals surface area contributed by atoms with Crippen LogP contribution in [0.2, 0.25) is 0 Å². The number of benzene rings is 1. The largest absolute Gasteiger partial charge is 0.507 e. The fraction of sp³-hybridized carbons (Fsp3) is 0.375. The van der Waals surface area contributed by atoms with Gasteiger partial charge in [0.1, 0.15) is 5.75 Å². The normalized spacial score (nSPS) is 10.4. The Morgan fingerprint density at radius 3 is 2.75 bits per heavy atom. The third-order valence-corrected chi connectivity index (χ3v) is 3.24. The van der Waals surface area contributed by atoms with E-state index in [9.17, 15) is 14.7 Å². The lowest BCUT2D eigenvalue weighted by atomic mass is 10.2. The molecule has 0 radical (unpaired) electrons. The maximum Gasteiger partial charge on any atom is 0.273 e. The second kappa shape index (κ2) is 8.66. The Bertz CT molecular complexity index is 699. The van der Waals surface area contributed by atoms with Gasteiger partial charge in [-0.2, -0.15) is 4.98 Å². The van der Waals surface area contributed by atoms with Crippen molar-refractivity contribution >= 4 is 11.8 Å². The fourth-order valence-electron chi connectivity index (χ4n) is 2.04. The Labute approximate surface area is 139 Å². The summed E-state index contributed by atoms with van der Waals surface area (Å²) in [4.78, 5) is 27.7. The van der Waals surface area contributed by atoms with Crippen molar-refractivity contribution in [2.75, 3.05) is 0 Å². The molecule has 1 heterocycles. The molecule has 0 saturated carbocycles. The summed E-state index contributed by atoms with van der Waals surface area (Å²) in [5.74, 6) is 0.106. The van der Waals surface area contributed by atoms with E-state index in [0.717, 1.165) is 12.8 Å². The van der Waals surface area contributed by atoms with Gasteiger partial charge in [0.15, 0.2) is 5.82 Å². The molecule has 1 aromatic carbocycles. The Hall–Kier alpha value is -2.90. The number of hydrogen-bond acceptors (Lipinski definition) is 6. The lowest BCUT2D eigenvalue weighted by Crippen LogP contribution is -2.41. The second-order valence-electron chi connectivity index (χ2n) is 5.23. The Morgan fingerprint density at radius 2 is 2.00 bits per heavy atom. The number of carbonyl (C=O) groups is 2. The number of carbonyl (C=O) groups excluding carboxylic acids is 2. The predicted molar refractivity (Wildman–Crippen MR) is 84.9 cm³/mol. The first-order chi connectivity index (χ1) is 11.6. The average molecular weight is 332 g/mol. The van der Waals surface area contributed by atoms with Gasteiger partial charge in [0.2, 0.25) is 11.8 Å². The molecule has 8 nitrogen and oxygen atoms in total. The molecule has 8 heteroatoms. The van der Waals surface area contributed by atoms with Gasteiger partial charge >= 0.3 is 0 Å². The van der Waals surface area contributed by atoms with E-state index in [0.29, 0.717) is 24.6 Å². The van der Waals surface area contributed by atoms with E-state index in [4.69, 9.17) is 4.52 Å². The molecule has 2 aromatic rings. The molecule has 128 valence electrons. The van der Waals surface area contributed by atoms with Gasteiger partial charge < -0.3 is 9.63 Å². The highest BCUT2D eigenvalue weighted by molar-refractivity contribution is 5.97. The highest BCUT2D eigenvalue weighted by Gasteiger charge is 2.11. The number of nitrogens with zero attached hydrogens (tertiary/aromatic N) is 2. The van der Waals surface area contributed by atoms with Crippen molar-refractivity contribution in [1.29, 1.82) is 0 Å². The van der Waals surface area contributed by atoms with Gasteiger partial charge in [-0.15, -0.1) is 0 Å². The van der Waals surface area contributed by atoms with Crippen LogP contribution in [0.15, 0.2) is 28.8 Å². The Morgan fingerprint density at radius 1 is 1.21 bits per heavy atom. The summed E-state index contributed by atoms with van der Waals surface area (Å²) in [7, 11) is 0. The first-order valence-electron chi connectivity index (χ1n) is 7.78. The molecule has 0 aliphatic carbocycles. The van der Waals surface area contributed by atoms with Crippen molar-refractivity contribution in [3.63, 3.8) is 0 Å². The first-order valence-corrected chi connectivity index (χ1v) is 7.78. The molecule has 0 aliphatic rings. The summed E-state index contributed by atoms with van der Waals surface area (Å²) in [6.07, 6.45) is 2.93. The topological polar surface area (TPSA) is 117 Å². The van der Waals surface area contributed by atoms with Crippen molar-refractivity contribution in [2.45, 2.75) is 39.0 Å². The maximum absolute atomic E-state index is 11.8. The van der Waals surface area contributed by atoms with Crippen LogP contribution in [0.5, 0.6) is 5.75 Å². The zero-order valence-electron chi connectivity index (χ0n) is 13.4. The molecular formula is C16H20N4O4. The molecule has 2 rings (SSSR count). The molecule has 0 atom stereocenters. The number of aromatic hydroxyl groups is 1. The number of aromatic nitrogens is 2. The number of hydrazine groups is 1. The van der Waals surface area contributed by atoms with Crippen molar-refractivity contribution < 1.29 is 19.2 Å². The van der Waals surface area contributed by atoms with Crippen molar-refractivity contribution in [3.05, 3.63) is 41.5 Å². The van der Waals surface area contributed by atoms with E-state index < -0.39 is 5.91 Å². The quantitative estimate of drug-likeness (QED) is 0.662. The molecule has 0 aliphatic heterocycles. The minimum Gasteiger partial charge on any atom is -0.507 e. The Balaban J connectivity index is 1.69. The number of para-hydroxylation sites is 1. The van der Waals surface area contributed by atoms with Gasteiger partial charge in [-0.1, -0.05) is 24.2 Å². The molecule has 0 bridgehead atoms. The van der Waals surface area contributed by atoms with E-state index in [1.54, 1.807) is 12.1 Å². The summed E-state index contributed by atoms with van der Waals surface area (Å²) < 4.78 is 5.08. The van der Waals surface area contributed by atoms with E-state index in [1.165, 1.54) is 12.1 Å². The van der Waals surface area contributed by atoms with Crippen LogP contribution >= 0.6 is 0 Å². The van der Waals surface area contributed by atoms with Crippen molar-refractivity contribution in [2.24, 2.45) is 0 Å². The lowest BCUT2D eigenvalue weighted by Gasteiger charge is -2.07. The van der Waals surface area contributed by atoms with Gasteiger partial charge in [-0.25, -0.2) is 0 Å². The van der Waals surface area contributed by atoms with Gasteiger partial charge in [0.05, 0.1) is 5.56 Å². The summed E-state index contributed by atoms with van der Waals surface area (Å²) >= 11 is 0. The molecule has 2 amide bonds. The predicted octanol–water partition coefficient (Wildman–Crippen LogP) is 1.51. The third-order valence-electron chi connectivity index (χ3n) is 3.24. The zero-order chi connectivity index (χ0) is 17.4. The summed E-state index contributed by atoms with van der Waals surface area (Å²) in [5.41, 5.74) is 4.65. The van der Waals surface area contributed by atoms with Crippen LogP contribution in [0.25, 0.3) is 0 Å². The zero-order valence-corrected chi connectivity index (χ0v) is 13.4. The van der Waals surface area contributed by atoms with Gasteiger partial charge in [0, 0.05) is 19.3 Å². The summed E-state index contributed by atoms with van der Waals surface area (Å²) in [6.45, 7) is 2.03. The van der Waals surface area contributed by atoms with Crippen LogP contribution in [0.4, 0.5) is 0 Å². The van der Waals surface area contributed by atoms with Crippen molar-refractivity contribution in [3.8, 4) is 5.75 Å². The molecule has 0 saturated heterocycles. The van der Waals surface area contributed by atoms with Crippen LogP contribution in [0.1, 0.15) is 48.3 Å². The van der Waals surface area contributed by atoms with Crippen LogP contribution in [-0.4, -0.2) is 27.1 Å². The molecule has 1 aromatic heterocycles. The molecule has 0 fully saturated rings. The van der Waals surface area contributed by atoms with Gasteiger partial charge in [-0.05, 0) is 25.0 Å². The number of phenolic OH excluding ortho intramolecular Hbond substituents is 1. The van der Waals surface area contributed by atoms with Gasteiger partial charge in [-0.3, -0.25) is 20.4 Å². The lowest BCUT2D eigenvalue weighted by molar-refractivity contribution is -0.121. The van der Waals surface area contributed by atoms with Crippen LogP contribution in [0.3, 0.4) is 0 Å². The summed E-state index contributed by atoms with van der Waals surface area (Å²) in [5, 5.41) is 13.4. The summed E-state index contributed by atoms with van der Waals surface area (Å²) in [6, 6.07) is 6.08. The minimum absolute atomic E-state index is 0.0899. The van der Waals surface area contributed by atoms with E-state index >= 15 is 0 Å². The van der Waals surface area contributed by atoms with E-state index in [-0.39, 0.29) is 23.6 Å². The van der Waals surface area contributed by atoms with Crippen LogP contribution < -0.4 is 10.9 Å². The number of phenols is 1. The first kappa shape index (κ1) is 17.5. The highest BCUT2D eigenvalue weighted by Crippen LogP contribution is 2.14.